The van der Waals surface area contributed by atoms with Crippen LogP contribution in [0.2, 0.25) is 0 Å². The third kappa shape index (κ3) is 3.23. The number of piperidine rings is 1. The first-order chi connectivity index (χ1) is 6.61. The van der Waals surface area contributed by atoms with E-state index >= 15 is 0 Å². The van der Waals surface area contributed by atoms with Crippen LogP contribution in [0.15, 0.2) is 17.0 Å². The molecule has 0 N–H and O–H groups in total. The predicted octanol–water partition coefficient (Wildman–Crippen LogP) is 3.58. The van der Waals surface area contributed by atoms with Crippen molar-refractivity contribution in [1.29, 1.82) is 0 Å². The molecule has 0 aromatic rings. The molecule has 0 amide bonds. The molecule has 0 aliphatic carbocycles. The fourth-order valence-corrected chi connectivity index (χ4v) is 1.74. The fourth-order valence-electron chi connectivity index (χ4n) is 1.74. The van der Waals surface area contributed by atoms with Gasteiger partial charge in [0.1, 0.15) is 0 Å². The van der Waals surface area contributed by atoms with Gasteiger partial charge in [-0.15, -0.1) is 5.73 Å². The highest BCUT2D eigenvalue weighted by molar-refractivity contribution is 5.07. The van der Waals surface area contributed by atoms with E-state index in [2.05, 4.69) is 38.3 Å². The predicted molar refractivity (Wildman–Crippen MR) is 62.1 cm³/mol. The molecule has 0 bridgehead atoms. The van der Waals surface area contributed by atoms with E-state index in [4.69, 9.17) is 0 Å². The van der Waals surface area contributed by atoms with Gasteiger partial charge in [-0.25, -0.2) is 0 Å². The third-order valence-electron chi connectivity index (χ3n) is 3.07. The Hall–Kier alpha value is -0.680. The number of nitrogens with zero attached hydrogens (tertiary/aromatic N) is 1. The Labute approximate surface area is 88.5 Å². The Morgan fingerprint density at radius 1 is 1.07 bits per heavy atom. The van der Waals surface area contributed by atoms with Crippen molar-refractivity contribution >= 4 is 0 Å². The molecule has 0 radical (unpaired) electrons. The van der Waals surface area contributed by atoms with Crippen LogP contribution in [0.3, 0.4) is 0 Å². The summed E-state index contributed by atoms with van der Waals surface area (Å²) in [6.07, 6.45) is 4.09. The molecule has 0 unspecified atom stereocenters. The molecule has 1 nitrogen and oxygen atoms in total. The average molecular weight is 193 g/mol. The Balaban J connectivity index is 2.71. The van der Waals surface area contributed by atoms with Gasteiger partial charge >= 0.3 is 0 Å². The van der Waals surface area contributed by atoms with Crippen LogP contribution in [0.4, 0.5) is 0 Å². The van der Waals surface area contributed by atoms with Crippen LogP contribution >= 0.6 is 0 Å². The van der Waals surface area contributed by atoms with Gasteiger partial charge in [-0.05, 0) is 44.6 Å². The number of rotatable bonds is 2. The second-order valence-electron chi connectivity index (χ2n) is 4.60. The Kier molecular flexibility index (Phi) is 4.28. The van der Waals surface area contributed by atoms with Crippen molar-refractivity contribution in [2.45, 2.75) is 47.0 Å². The Morgan fingerprint density at radius 3 is 2.14 bits per heavy atom. The number of hydrogen-bond acceptors (Lipinski definition) is 1. The molecule has 1 heterocycles. The molecule has 1 saturated heterocycles. The summed E-state index contributed by atoms with van der Waals surface area (Å²) in [4.78, 5) is 2.47. The van der Waals surface area contributed by atoms with Gasteiger partial charge < -0.3 is 4.90 Å². The van der Waals surface area contributed by atoms with Crippen molar-refractivity contribution < 1.29 is 0 Å². The van der Waals surface area contributed by atoms with Crippen molar-refractivity contribution in [2.24, 2.45) is 5.92 Å². The van der Waals surface area contributed by atoms with Crippen LogP contribution in [-0.4, -0.2) is 18.0 Å². The van der Waals surface area contributed by atoms with E-state index in [9.17, 15) is 0 Å². The average Bonchev–Trinajstić information content (AvgIpc) is 2.19. The van der Waals surface area contributed by atoms with Crippen molar-refractivity contribution in [2.75, 3.05) is 13.1 Å². The lowest BCUT2D eigenvalue weighted by Crippen LogP contribution is -2.27. The van der Waals surface area contributed by atoms with Gasteiger partial charge in [0.05, 0.1) is 5.70 Å². The summed E-state index contributed by atoms with van der Waals surface area (Å²) in [7, 11) is 0. The standard InChI is InChI=1S/C13H23N/c1-11(2)12(3)10-13(4)14-8-6-5-7-9-14/h11H,5-9H2,1-4H3. The van der Waals surface area contributed by atoms with Crippen LogP contribution in [0.25, 0.3) is 0 Å². The third-order valence-corrected chi connectivity index (χ3v) is 3.07. The monoisotopic (exact) mass is 193 g/mol. The maximum atomic E-state index is 3.51. The zero-order valence-corrected chi connectivity index (χ0v) is 10.1. The summed E-state index contributed by atoms with van der Waals surface area (Å²) < 4.78 is 0. The highest BCUT2D eigenvalue weighted by Gasteiger charge is 2.09. The van der Waals surface area contributed by atoms with E-state index in [1.165, 1.54) is 43.6 Å². The minimum atomic E-state index is 0.620. The van der Waals surface area contributed by atoms with Gasteiger partial charge in [-0.1, -0.05) is 13.8 Å². The van der Waals surface area contributed by atoms with Gasteiger partial charge in [0.25, 0.3) is 0 Å². The molecule has 14 heavy (non-hydrogen) atoms. The van der Waals surface area contributed by atoms with Crippen molar-refractivity contribution in [3.05, 3.63) is 17.0 Å². The normalized spacial score (nSPS) is 16.8. The summed E-state index contributed by atoms with van der Waals surface area (Å²) in [5.74, 6) is 0.620. The lowest BCUT2D eigenvalue weighted by molar-refractivity contribution is 0.286. The summed E-state index contributed by atoms with van der Waals surface area (Å²) in [6, 6.07) is 0. The minimum absolute atomic E-state index is 0.620. The van der Waals surface area contributed by atoms with Crippen LogP contribution < -0.4 is 0 Å². The van der Waals surface area contributed by atoms with Crippen LogP contribution in [0.1, 0.15) is 47.0 Å². The fraction of sp³-hybridized carbons (Fsp3) is 0.769. The van der Waals surface area contributed by atoms with Crippen molar-refractivity contribution in [3.63, 3.8) is 0 Å². The smallest absolute Gasteiger partial charge is 0.0532 e. The summed E-state index contributed by atoms with van der Waals surface area (Å²) >= 11 is 0. The van der Waals surface area contributed by atoms with Crippen LogP contribution in [-0.2, 0) is 0 Å². The molecule has 0 atom stereocenters. The lowest BCUT2D eigenvalue weighted by atomic mass is 10.1. The van der Waals surface area contributed by atoms with Gasteiger partial charge in [0.2, 0.25) is 0 Å². The molecule has 1 fully saturated rings. The number of likely N-dealkylation sites (tertiary alicyclic amines) is 1. The van der Waals surface area contributed by atoms with E-state index < -0.39 is 0 Å². The second-order valence-corrected chi connectivity index (χ2v) is 4.60. The summed E-state index contributed by atoms with van der Waals surface area (Å²) in [5, 5.41) is 0. The second kappa shape index (κ2) is 5.26. The zero-order chi connectivity index (χ0) is 10.6. The summed E-state index contributed by atoms with van der Waals surface area (Å²) in [5.41, 5.74) is 6.21. The molecule has 0 saturated carbocycles. The van der Waals surface area contributed by atoms with Gasteiger partial charge in [-0.2, -0.15) is 0 Å². The first-order valence-corrected chi connectivity index (χ1v) is 5.80. The Morgan fingerprint density at radius 2 is 1.64 bits per heavy atom. The highest BCUT2D eigenvalue weighted by atomic mass is 15.1. The molecule has 1 aliphatic heterocycles. The topological polar surface area (TPSA) is 3.24 Å². The molecule has 1 heteroatoms. The van der Waals surface area contributed by atoms with E-state index in [-0.39, 0.29) is 0 Å². The summed E-state index contributed by atoms with van der Waals surface area (Å²) in [6.45, 7) is 11.3. The van der Waals surface area contributed by atoms with E-state index in [1.807, 2.05) is 0 Å². The van der Waals surface area contributed by atoms with E-state index in [0.717, 1.165) is 0 Å². The molecular formula is C13H23N. The molecule has 80 valence electrons. The van der Waals surface area contributed by atoms with Crippen LogP contribution in [0, 0.1) is 5.92 Å². The molecule has 0 aromatic heterocycles. The molecular weight excluding hydrogens is 170 g/mol. The molecule has 0 spiro atoms. The minimum Gasteiger partial charge on any atom is -0.369 e. The van der Waals surface area contributed by atoms with Crippen molar-refractivity contribution in [1.82, 2.24) is 4.90 Å². The largest absolute Gasteiger partial charge is 0.369 e. The maximum Gasteiger partial charge on any atom is 0.0532 e. The molecule has 0 aromatic carbocycles. The van der Waals surface area contributed by atoms with E-state index in [0.29, 0.717) is 5.92 Å². The van der Waals surface area contributed by atoms with Gasteiger partial charge in [0.15, 0.2) is 0 Å². The first-order valence-electron chi connectivity index (χ1n) is 5.80. The van der Waals surface area contributed by atoms with Crippen LogP contribution in [0.5, 0.6) is 0 Å². The number of hydrogen-bond donors (Lipinski definition) is 0. The lowest BCUT2D eigenvalue weighted by Gasteiger charge is -2.28. The first kappa shape index (κ1) is 11.4. The molecule has 1 aliphatic rings. The molecule has 1 rings (SSSR count). The maximum absolute atomic E-state index is 3.51. The van der Waals surface area contributed by atoms with Gasteiger partial charge in [-0.3, -0.25) is 0 Å². The SMILES string of the molecule is CC(=C=C(C)N1CCCCC1)C(C)C. The van der Waals surface area contributed by atoms with Gasteiger partial charge in [0, 0.05) is 13.1 Å². The highest BCUT2D eigenvalue weighted by Crippen LogP contribution is 2.15. The van der Waals surface area contributed by atoms with E-state index in [1.54, 1.807) is 0 Å². The zero-order valence-electron chi connectivity index (χ0n) is 10.1. The quantitative estimate of drug-likeness (QED) is 0.606. The van der Waals surface area contributed by atoms with Crippen molar-refractivity contribution in [3.8, 4) is 0 Å². The Bertz CT molecular complexity index is 238. The number of allylic oxidation sites excluding steroid dienone is 1.